The van der Waals surface area contributed by atoms with Gasteiger partial charge in [-0.05, 0) is 43.3 Å². The molecule has 0 aliphatic heterocycles. The zero-order valence-corrected chi connectivity index (χ0v) is 12.8. The predicted octanol–water partition coefficient (Wildman–Crippen LogP) is 3.48. The van der Waals surface area contributed by atoms with Crippen molar-refractivity contribution in [3.8, 4) is 6.07 Å². The molecular formula is C18H21N3. The number of para-hydroxylation sites is 1. The van der Waals surface area contributed by atoms with Crippen molar-refractivity contribution in [2.24, 2.45) is 0 Å². The monoisotopic (exact) mass is 279 g/mol. The van der Waals surface area contributed by atoms with Crippen LogP contribution < -0.4 is 10.2 Å². The van der Waals surface area contributed by atoms with Gasteiger partial charge >= 0.3 is 0 Å². The van der Waals surface area contributed by atoms with E-state index in [-0.39, 0.29) is 0 Å². The summed E-state index contributed by atoms with van der Waals surface area (Å²) in [5.74, 6) is 0. The zero-order valence-electron chi connectivity index (χ0n) is 12.8. The Hall–Kier alpha value is -2.31. The molecule has 0 aliphatic carbocycles. The number of nitrogens with zero attached hydrogens (tertiary/aromatic N) is 2. The fraction of sp³-hybridized carbons (Fsp3) is 0.278. The highest BCUT2D eigenvalue weighted by atomic mass is 15.1. The van der Waals surface area contributed by atoms with E-state index in [1.54, 1.807) is 0 Å². The molecule has 0 aliphatic rings. The van der Waals surface area contributed by atoms with Gasteiger partial charge in [0.05, 0.1) is 11.6 Å². The standard InChI is InChI=1S/C18H21N3/c1-14(20-2)17-9-4-5-10-18(17)21(3)13-16-8-6-7-15(11-16)12-19/h4-11,14,20H,13H2,1-3H3. The largest absolute Gasteiger partial charge is 0.370 e. The number of hydrogen-bond acceptors (Lipinski definition) is 3. The van der Waals surface area contributed by atoms with E-state index < -0.39 is 0 Å². The molecule has 2 aromatic rings. The third kappa shape index (κ3) is 3.62. The first-order valence-electron chi connectivity index (χ1n) is 7.12. The minimum Gasteiger partial charge on any atom is -0.370 e. The second kappa shape index (κ2) is 6.92. The molecule has 108 valence electrons. The van der Waals surface area contributed by atoms with Gasteiger partial charge in [-0.1, -0.05) is 30.3 Å². The Morgan fingerprint density at radius 3 is 2.67 bits per heavy atom. The molecule has 1 atom stereocenters. The van der Waals surface area contributed by atoms with Gasteiger partial charge in [0, 0.05) is 25.3 Å². The number of hydrogen-bond donors (Lipinski definition) is 1. The SMILES string of the molecule is CNC(C)c1ccccc1N(C)Cc1cccc(C#N)c1. The van der Waals surface area contributed by atoms with Gasteiger partial charge in [-0.2, -0.15) is 5.26 Å². The van der Waals surface area contributed by atoms with Crippen LogP contribution in [0.1, 0.15) is 29.7 Å². The molecule has 0 radical (unpaired) electrons. The number of anilines is 1. The molecule has 0 saturated heterocycles. The molecular weight excluding hydrogens is 258 g/mol. The molecule has 2 rings (SSSR count). The van der Waals surface area contributed by atoms with Crippen molar-refractivity contribution in [2.45, 2.75) is 19.5 Å². The van der Waals surface area contributed by atoms with E-state index in [0.29, 0.717) is 11.6 Å². The topological polar surface area (TPSA) is 39.1 Å². The highest BCUT2D eigenvalue weighted by Crippen LogP contribution is 2.26. The predicted molar refractivity (Wildman–Crippen MR) is 87.2 cm³/mol. The van der Waals surface area contributed by atoms with E-state index in [1.165, 1.54) is 11.3 Å². The first kappa shape index (κ1) is 15.1. The van der Waals surface area contributed by atoms with Crippen molar-refractivity contribution in [3.05, 3.63) is 65.2 Å². The van der Waals surface area contributed by atoms with Gasteiger partial charge in [-0.3, -0.25) is 0 Å². The summed E-state index contributed by atoms with van der Waals surface area (Å²) in [6.07, 6.45) is 0. The lowest BCUT2D eigenvalue weighted by atomic mass is 10.0. The van der Waals surface area contributed by atoms with Gasteiger partial charge in [0.2, 0.25) is 0 Å². The van der Waals surface area contributed by atoms with Gasteiger partial charge in [0.25, 0.3) is 0 Å². The number of rotatable bonds is 5. The van der Waals surface area contributed by atoms with Crippen LogP contribution in [0.15, 0.2) is 48.5 Å². The minimum absolute atomic E-state index is 0.300. The second-order valence-corrected chi connectivity index (χ2v) is 5.24. The number of nitrogens with one attached hydrogen (secondary N) is 1. The van der Waals surface area contributed by atoms with Gasteiger partial charge in [0.1, 0.15) is 0 Å². The summed E-state index contributed by atoms with van der Waals surface area (Å²) in [5, 5.41) is 12.3. The van der Waals surface area contributed by atoms with Crippen LogP contribution in [0, 0.1) is 11.3 Å². The fourth-order valence-corrected chi connectivity index (χ4v) is 2.46. The molecule has 21 heavy (non-hydrogen) atoms. The van der Waals surface area contributed by atoms with E-state index in [9.17, 15) is 0 Å². The summed E-state index contributed by atoms with van der Waals surface area (Å²) in [5.41, 5.74) is 4.34. The van der Waals surface area contributed by atoms with Crippen molar-refractivity contribution < 1.29 is 0 Å². The molecule has 3 nitrogen and oxygen atoms in total. The molecule has 0 spiro atoms. The molecule has 1 N–H and O–H groups in total. The molecule has 1 unspecified atom stereocenters. The second-order valence-electron chi connectivity index (χ2n) is 5.24. The summed E-state index contributed by atoms with van der Waals surface area (Å²) in [6.45, 7) is 2.94. The molecule has 3 heteroatoms. The van der Waals surface area contributed by atoms with E-state index in [4.69, 9.17) is 5.26 Å². The number of nitriles is 1. The Kier molecular flexibility index (Phi) is 4.97. The van der Waals surface area contributed by atoms with Crippen LogP contribution in [0.25, 0.3) is 0 Å². The quantitative estimate of drug-likeness (QED) is 0.910. The molecule has 0 saturated carbocycles. The smallest absolute Gasteiger partial charge is 0.0991 e. The van der Waals surface area contributed by atoms with Crippen LogP contribution in [-0.4, -0.2) is 14.1 Å². The third-order valence-electron chi connectivity index (χ3n) is 3.72. The van der Waals surface area contributed by atoms with Crippen LogP contribution in [0.5, 0.6) is 0 Å². The summed E-state index contributed by atoms with van der Waals surface area (Å²) < 4.78 is 0. The lowest BCUT2D eigenvalue weighted by molar-refractivity contribution is 0.649. The van der Waals surface area contributed by atoms with Crippen LogP contribution in [0.4, 0.5) is 5.69 Å². The zero-order chi connectivity index (χ0) is 15.2. The summed E-state index contributed by atoms with van der Waals surface area (Å²) in [6, 6.07) is 18.7. The number of benzene rings is 2. The summed E-state index contributed by atoms with van der Waals surface area (Å²) in [7, 11) is 4.05. The Morgan fingerprint density at radius 1 is 1.19 bits per heavy atom. The molecule has 2 aromatic carbocycles. The maximum Gasteiger partial charge on any atom is 0.0991 e. The van der Waals surface area contributed by atoms with Gasteiger partial charge in [-0.15, -0.1) is 0 Å². The van der Waals surface area contributed by atoms with Crippen LogP contribution in [0.2, 0.25) is 0 Å². The van der Waals surface area contributed by atoms with Crippen molar-refractivity contribution >= 4 is 5.69 Å². The Morgan fingerprint density at radius 2 is 1.95 bits per heavy atom. The Bertz CT molecular complexity index is 643. The average Bonchev–Trinajstić information content (AvgIpc) is 2.54. The first-order valence-corrected chi connectivity index (χ1v) is 7.12. The average molecular weight is 279 g/mol. The van der Waals surface area contributed by atoms with Crippen molar-refractivity contribution in [3.63, 3.8) is 0 Å². The summed E-state index contributed by atoms with van der Waals surface area (Å²) >= 11 is 0. The first-order chi connectivity index (χ1) is 10.2. The molecule has 0 aromatic heterocycles. The highest BCUT2D eigenvalue weighted by molar-refractivity contribution is 5.54. The maximum atomic E-state index is 8.99. The minimum atomic E-state index is 0.300. The lowest BCUT2D eigenvalue weighted by Crippen LogP contribution is -2.21. The van der Waals surface area contributed by atoms with Crippen molar-refractivity contribution in [2.75, 3.05) is 19.0 Å². The third-order valence-corrected chi connectivity index (χ3v) is 3.72. The summed E-state index contributed by atoms with van der Waals surface area (Å²) in [4.78, 5) is 2.22. The Balaban J connectivity index is 2.24. The van der Waals surface area contributed by atoms with Crippen molar-refractivity contribution in [1.29, 1.82) is 5.26 Å². The molecule has 0 heterocycles. The van der Waals surface area contributed by atoms with E-state index >= 15 is 0 Å². The van der Waals surface area contributed by atoms with Crippen LogP contribution in [0.3, 0.4) is 0 Å². The van der Waals surface area contributed by atoms with E-state index in [2.05, 4.69) is 60.6 Å². The van der Waals surface area contributed by atoms with Crippen molar-refractivity contribution in [1.82, 2.24) is 5.32 Å². The van der Waals surface area contributed by atoms with E-state index in [0.717, 1.165) is 12.1 Å². The van der Waals surface area contributed by atoms with Gasteiger partial charge in [-0.25, -0.2) is 0 Å². The van der Waals surface area contributed by atoms with Gasteiger partial charge < -0.3 is 10.2 Å². The molecule has 0 bridgehead atoms. The molecule has 0 amide bonds. The van der Waals surface area contributed by atoms with Gasteiger partial charge in [0.15, 0.2) is 0 Å². The van der Waals surface area contributed by atoms with E-state index in [1.807, 2.05) is 25.2 Å². The lowest BCUT2D eigenvalue weighted by Gasteiger charge is -2.25. The Labute approximate surface area is 126 Å². The highest BCUT2D eigenvalue weighted by Gasteiger charge is 2.12. The molecule has 0 fully saturated rings. The van der Waals surface area contributed by atoms with Crippen LogP contribution >= 0.6 is 0 Å². The van der Waals surface area contributed by atoms with Crippen LogP contribution in [-0.2, 0) is 6.54 Å². The normalized spacial score (nSPS) is 11.7. The maximum absolute atomic E-state index is 8.99. The fourth-order valence-electron chi connectivity index (χ4n) is 2.46.